The second-order valence-electron chi connectivity index (χ2n) is 5.10. The number of rotatable bonds is 8. The Bertz CT molecular complexity index is 694. The fourth-order valence-corrected chi connectivity index (χ4v) is 1.72. The van der Waals surface area contributed by atoms with Crippen molar-refractivity contribution in [1.82, 2.24) is 0 Å². The number of allylic oxidation sites excluding steroid dienone is 6. The zero-order chi connectivity index (χ0) is 17.4. The van der Waals surface area contributed by atoms with Gasteiger partial charge in [-0.15, -0.1) is 0 Å². The Morgan fingerprint density at radius 2 is 1.48 bits per heavy atom. The second kappa shape index (κ2) is 8.59. The fraction of sp³-hybridized carbons (Fsp3) is 0.100. The summed E-state index contributed by atoms with van der Waals surface area (Å²) in [5.41, 5.74) is 3.44. The van der Waals surface area contributed by atoms with E-state index in [2.05, 4.69) is 31.3 Å². The van der Waals surface area contributed by atoms with Gasteiger partial charge in [0.2, 0.25) is 0 Å². The third-order valence-electron chi connectivity index (χ3n) is 3.02. The van der Waals surface area contributed by atoms with Gasteiger partial charge in [-0.1, -0.05) is 56.2 Å². The van der Waals surface area contributed by atoms with Crippen molar-refractivity contribution in [2.24, 2.45) is 0 Å². The van der Waals surface area contributed by atoms with Crippen LogP contribution in [-0.2, 0) is 4.94 Å². The summed E-state index contributed by atoms with van der Waals surface area (Å²) < 4.78 is 17.5. The first-order chi connectivity index (χ1) is 10.8. The van der Waals surface area contributed by atoms with Gasteiger partial charge in [-0.3, -0.25) is 4.94 Å². The first-order valence-corrected chi connectivity index (χ1v) is 6.99. The third kappa shape index (κ3) is 6.22. The molecule has 1 rings (SSSR count). The first-order valence-electron chi connectivity index (χ1n) is 6.99. The first kappa shape index (κ1) is 18.2. The van der Waals surface area contributed by atoms with Gasteiger partial charge in [0.25, 0.3) is 0 Å². The minimum absolute atomic E-state index is 0.106. The summed E-state index contributed by atoms with van der Waals surface area (Å²) in [5, 5.41) is 0. The molecule has 0 N–H and O–H groups in total. The maximum absolute atomic E-state index is 11.8. The quantitative estimate of drug-likeness (QED) is 0.444. The topological polar surface area (TPSA) is 18.5 Å². The fourth-order valence-electron chi connectivity index (χ4n) is 1.72. The van der Waals surface area contributed by atoms with Crippen molar-refractivity contribution in [3.63, 3.8) is 0 Å². The van der Waals surface area contributed by atoms with Crippen molar-refractivity contribution >= 4 is 0 Å². The molecule has 0 saturated carbocycles. The summed E-state index contributed by atoms with van der Waals surface area (Å²) in [7, 11) is 0. The molecule has 0 atom stereocenters. The number of hydrogen-bond acceptors (Lipinski definition) is 2. The minimum Gasteiger partial charge on any atom is -0.458 e. The normalized spacial score (nSPS) is 10.7. The highest BCUT2D eigenvalue weighted by atomic mass is 19.3. The van der Waals surface area contributed by atoms with Gasteiger partial charge in [-0.05, 0) is 48.8 Å². The molecule has 0 spiro atoms. The number of ether oxygens (including phenoxy) is 1. The summed E-state index contributed by atoms with van der Waals surface area (Å²) in [5.74, 6) is 1.13. The lowest BCUT2D eigenvalue weighted by atomic mass is 10.1. The molecule has 0 amide bonds. The number of benzene rings is 1. The van der Waals surface area contributed by atoms with E-state index in [1.807, 2.05) is 32.0 Å². The van der Waals surface area contributed by atoms with Gasteiger partial charge in [-0.2, -0.15) is 0 Å². The van der Waals surface area contributed by atoms with Crippen molar-refractivity contribution < 1.29 is 14.2 Å². The van der Waals surface area contributed by atoms with E-state index in [0.717, 1.165) is 11.3 Å². The summed E-state index contributed by atoms with van der Waals surface area (Å²) in [4.78, 5) is 3.46. The van der Waals surface area contributed by atoms with Gasteiger partial charge in [0.05, 0.1) is 0 Å². The van der Waals surface area contributed by atoms with Crippen molar-refractivity contribution in [2.75, 3.05) is 0 Å². The zero-order valence-electron chi connectivity index (χ0n) is 13.6. The monoisotopic (exact) mass is 312 g/mol. The number of hydrogen-bond donors (Lipinski definition) is 0. The van der Waals surface area contributed by atoms with Gasteiger partial charge in [0, 0.05) is 4.53 Å². The average molecular weight is 312 g/mol. The molecule has 0 aromatic heterocycles. The molecule has 0 saturated heterocycles. The maximum Gasteiger partial charge on any atom is 0.164 e. The van der Waals surface area contributed by atoms with E-state index in [9.17, 15) is 4.53 Å². The minimum atomic E-state index is -0.106. The smallest absolute Gasteiger partial charge is 0.164 e. The highest BCUT2D eigenvalue weighted by Gasteiger charge is 2.01. The zero-order valence-corrected chi connectivity index (χ0v) is 13.6. The molecule has 0 aliphatic carbocycles. The van der Waals surface area contributed by atoms with Crippen LogP contribution in [0, 0.1) is 13.8 Å². The maximum atomic E-state index is 11.8. The molecule has 23 heavy (non-hydrogen) atoms. The highest BCUT2D eigenvalue weighted by Crippen LogP contribution is 2.21. The molecule has 1 aromatic carbocycles. The van der Waals surface area contributed by atoms with Crippen molar-refractivity contribution in [3.8, 4) is 5.75 Å². The summed E-state index contributed by atoms with van der Waals surface area (Å²) in [6, 6.07) is 5.92. The molecule has 0 fully saturated rings. The van der Waals surface area contributed by atoms with E-state index >= 15 is 0 Å². The van der Waals surface area contributed by atoms with Gasteiger partial charge in [-0.25, -0.2) is 0 Å². The van der Waals surface area contributed by atoms with Crippen LogP contribution in [0.1, 0.15) is 11.1 Å². The lowest BCUT2D eigenvalue weighted by molar-refractivity contribution is -0.0758. The second-order valence-corrected chi connectivity index (χ2v) is 5.10. The number of aryl methyl sites for hydroxylation is 2. The molecule has 0 aliphatic rings. The Balaban J connectivity index is 2.64. The Kier molecular flexibility index (Phi) is 6.81. The predicted octanol–water partition coefficient (Wildman–Crippen LogP) is 5.84. The Morgan fingerprint density at radius 3 is 2.00 bits per heavy atom. The van der Waals surface area contributed by atoms with Gasteiger partial charge < -0.3 is 4.74 Å². The molecular weight excluding hydrogens is 291 g/mol. The lowest BCUT2D eigenvalue weighted by Crippen LogP contribution is -1.93. The van der Waals surface area contributed by atoms with Crippen molar-refractivity contribution in [3.05, 3.63) is 103 Å². The van der Waals surface area contributed by atoms with Crippen LogP contribution in [0.2, 0.25) is 0 Å². The van der Waals surface area contributed by atoms with Gasteiger partial charge >= 0.3 is 0 Å². The van der Waals surface area contributed by atoms with Gasteiger partial charge in [0.1, 0.15) is 11.5 Å². The van der Waals surface area contributed by atoms with Crippen LogP contribution >= 0.6 is 0 Å². The van der Waals surface area contributed by atoms with Crippen LogP contribution in [0.25, 0.3) is 0 Å². The third-order valence-corrected chi connectivity index (χ3v) is 3.02. The van der Waals surface area contributed by atoms with E-state index in [1.165, 1.54) is 11.6 Å². The number of halogens is 1. The van der Waals surface area contributed by atoms with Crippen LogP contribution in [-0.4, -0.2) is 0 Å². The molecule has 0 bridgehead atoms. The Labute approximate surface area is 137 Å². The van der Waals surface area contributed by atoms with E-state index in [1.54, 1.807) is 18.2 Å². The molecule has 120 valence electrons. The van der Waals surface area contributed by atoms with E-state index in [0.29, 0.717) is 16.9 Å². The van der Waals surface area contributed by atoms with Crippen LogP contribution in [0.15, 0.2) is 91.5 Å². The average Bonchev–Trinajstić information content (AvgIpc) is 2.52. The molecule has 0 unspecified atom stereocenters. The highest BCUT2D eigenvalue weighted by molar-refractivity contribution is 5.45. The molecule has 0 heterocycles. The Morgan fingerprint density at radius 1 is 0.913 bits per heavy atom. The van der Waals surface area contributed by atoms with Crippen molar-refractivity contribution in [1.29, 1.82) is 0 Å². The van der Waals surface area contributed by atoms with Crippen LogP contribution < -0.4 is 4.74 Å². The van der Waals surface area contributed by atoms with Crippen molar-refractivity contribution in [2.45, 2.75) is 13.8 Å². The SMILES string of the molecule is C=C(/C=C\C(=C)C(=C)/C=C\C(=C)Oc1ccc(C)cc1C)OF. The lowest BCUT2D eigenvalue weighted by Gasteiger charge is -2.09. The van der Waals surface area contributed by atoms with Crippen LogP contribution in [0.3, 0.4) is 0 Å². The van der Waals surface area contributed by atoms with Crippen LogP contribution in [0.5, 0.6) is 5.75 Å². The van der Waals surface area contributed by atoms with E-state index in [-0.39, 0.29) is 5.76 Å². The standard InChI is InChI=1S/C20H21FO2/c1-14-7-12-20(17(4)13-14)22-18(5)10-8-15(2)16(3)9-11-19(6)23-21/h7-13H,2-3,5-6H2,1,4H3/b10-8-,11-9-. The molecule has 3 heteroatoms. The molecule has 1 aromatic rings. The Hall–Kier alpha value is -2.81. The summed E-state index contributed by atoms with van der Waals surface area (Å²) in [6.07, 6.45) is 6.34. The summed E-state index contributed by atoms with van der Waals surface area (Å²) >= 11 is 0. The summed E-state index contributed by atoms with van der Waals surface area (Å²) in [6.45, 7) is 18.9. The van der Waals surface area contributed by atoms with E-state index in [4.69, 9.17) is 4.74 Å². The molecular formula is C20H21FO2. The molecule has 0 aliphatic heterocycles. The molecule has 2 nitrogen and oxygen atoms in total. The van der Waals surface area contributed by atoms with E-state index < -0.39 is 0 Å². The largest absolute Gasteiger partial charge is 0.458 e. The predicted molar refractivity (Wildman–Crippen MR) is 93.6 cm³/mol. The van der Waals surface area contributed by atoms with Crippen LogP contribution in [0.4, 0.5) is 4.53 Å². The molecule has 0 radical (unpaired) electrons. The van der Waals surface area contributed by atoms with Gasteiger partial charge in [0.15, 0.2) is 5.76 Å².